The van der Waals surface area contributed by atoms with Gasteiger partial charge in [0.15, 0.2) is 5.60 Å². The van der Waals surface area contributed by atoms with Crippen LogP contribution in [0, 0.1) is 0 Å². The number of hydrogen-bond donors (Lipinski definition) is 1. The number of anilines is 1. The Bertz CT molecular complexity index is 919. The Morgan fingerprint density at radius 2 is 1.94 bits per heavy atom. The van der Waals surface area contributed by atoms with E-state index in [1.54, 1.807) is 19.2 Å². The lowest BCUT2D eigenvalue weighted by molar-refractivity contribution is -0.281. The summed E-state index contributed by atoms with van der Waals surface area (Å²) in [7, 11) is 3.50. The second-order valence-electron chi connectivity index (χ2n) is 8.47. The summed E-state index contributed by atoms with van der Waals surface area (Å²) >= 11 is 0. The maximum Gasteiger partial charge on any atom is 0.421 e. The molecule has 0 spiro atoms. The molecule has 0 unspecified atom stereocenters. The number of hydrogen-bond acceptors (Lipinski definition) is 4. The van der Waals surface area contributed by atoms with Crippen molar-refractivity contribution in [1.82, 2.24) is 5.32 Å². The number of fused-ring (bicyclic) bond motifs is 1. The number of halogens is 3. The normalized spacial score (nSPS) is 26.3. The molecule has 2 heterocycles. The summed E-state index contributed by atoms with van der Waals surface area (Å²) < 4.78 is 52.9. The van der Waals surface area contributed by atoms with Crippen LogP contribution in [0.4, 0.5) is 18.9 Å². The van der Waals surface area contributed by atoms with Crippen molar-refractivity contribution in [3.05, 3.63) is 59.2 Å². The van der Waals surface area contributed by atoms with Gasteiger partial charge in [-0.3, -0.25) is 0 Å². The quantitative estimate of drug-likeness (QED) is 0.736. The van der Waals surface area contributed by atoms with E-state index in [1.807, 2.05) is 25.2 Å². The molecule has 2 aliphatic heterocycles. The Labute approximate surface area is 181 Å². The van der Waals surface area contributed by atoms with Crippen molar-refractivity contribution in [3.8, 4) is 5.75 Å². The van der Waals surface area contributed by atoms with Crippen molar-refractivity contribution in [2.24, 2.45) is 0 Å². The number of rotatable bonds is 4. The van der Waals surface area contributed by atoms with E-state index >= 15 is 0 Å². The highest BCUT2D eigenvalue weighted by Gasteiger charge is 2.56. The first-order valence-corrected chi connectivity index (χ1v) is 10.7. The van der Waals surface area contributed by atoms with Crippen LogP contribution >= 0.6 is 0 Å². The third-order valence-electron chi connectivity index (χ3n) is 6.68. The highest BCUT2D eigenvalue weighted by molar-refractivity contribution is 5.64. The summed E-state index contributed by atoms with van der Waals surface area (Å²) in [5.74, 6) is 0.588. The fourth-order valence-corrected chi connectivity index (χ4v) is 4.85. The summed E-state index contributed by atoms with van der Waals surface area (Å²) in [5, 5.41) is 3.59. The summed E-state index contributed by atoms with van der Waals surface area (Å²) in [4.78, 5) is 2.06. The minimum absolute atomic E-state index is 0.0317. The first kappa shape index (κ1) is 22.0. The summed E-state index contributed by atoms with van der Waals surface area (Å²) in [5.41, 5.74) is 0.290. The van der Waals surface area contributed by atoms with E-state index in [4.69, 9.17) is 9.47 Å². The molecule has 31 heavy (non-hydrogen) atoms. The molecular formula is C24H29F3N2O2. The largest absolute Gasteiger partial charge is 0.495 e. The predicted octanol–water partition coefficient (Wildman–Crippen LogP) is 4.97. The minimum atomic E-state index is -4.51. The Morgan fingerprint density at radius 1 is 1.19 bits per heavy atom. The summed E-state index contributed by atoms with van der Waals surface area (Å²) in [6, 6.07) is 13.7. The molecule has 0 aromatic heterocycles. The van der Waals surface area contributed by atoms with Gasteiger partial charge in [-0.15, -0.1) is 0 Å². The summed E-state index contributed by atoms with van der Waals surface area (Å²) in [6.45, 7) is 2.06. The number of nitrogens with one attached hydrogen (secondary N) is 1. The number of benzene rings is 2. The molecule has 7 heteroatoms. The Hall–Kier alpha value is -2.25. The van der Waals surface area contributed by atoms with Crippen molar-refractivity contribution in [2.75, 3.05) is 32.2 Å². The average Bonchev–Trinajstić information content (AvgIpc) is 2.78. The molecule has 0 amide bonds. The molecule has 4 rings (SSSR count). The minimum Gasteiger partial charge on any atom is -0.495 e. The van der Waals surface area contributed by atoms with Crippen LogP contribution < -0.4 is 15.0 Å². The monoisotopic (exact) mass is 434 g/mol. The molecule has 4 nitrogen and oxygen atoms in total. The van der Waals surface area contributed by atoms with E-state index in [2.05, 4.69) is 22.3 Å². The zero-order chi connectivity index (χ0) is 22.2. The number of methoxy groups -OCH3 is 1. The van der Waals surface area contributed by atoms with Crippen LogP contribution in [0.2, 0.25) is 0 Å². The third-order valence-corrected chi connectivity index (χ3v) is 6.68. The lowest BCUT2D eigenvalue weighted by atomic mass is 9.85. The highest BCUT2D eigenvalue weighted by Crippen LogP contribution is 2.48. The van der Waals surface area contributed by atoms with Gasteiger partial charge in [-0.25, -0.2) is 0 Å². The molecule has 0 saturated carbocycles. The van der Waals surface area contributed by atoms with Crippen molar-refractivity contribution in [2.45, 2.75) is 50.0 Å². The molecule has 1 fully saturated rings. The maximum atomic E-state index is 14.0. The predicted molar refractivity (Wildman–Crippen MR) is 115 cm³/mol. The van der Waals surface area contributed by atoms with Gasteiger partial charge in [-0.2, -0.15) is 13.2 Å². The van der Waals surface area contributed by atoms with Gasteiger partial charge in [0.1, 0.15) is 5.75 Å². The van der Waals surface area contributed by atoms with Crippen LogP contribution in [-0.4, -0.2) is 39.5 Å². The number of likely N-dealkylation sites (N-methyl/N-ethyl adjacent to an activating group) is 1. The molecule has 168 valence electrons. The van der Waals surface area contributed by atoms with Gasteiger partial charge in [-0.1, -0.05) is 30.3 Å². The second-order valence-corrected chi connectivity index (χ2v) is 8.47. The van der Waals surface area contributed by atoms with Crippen molar-refractivity contribution in [3.63, 3.8) is 0 Å². The van der Waals surface area contributed by atoms with E-state index in [9.17, 15) is 13.2 Å². The number of ether oxygens (including phenoxy) is 2. The fraction of sp³-hybridized carbons (Fsp3) is 0.500. The zero-order valence-corrected chi connectivity index (χ0v) is 18.1. The van der Waals surface area contributed by atoms with Crippen LogP contribution in [-0.2, 0) is 16.8 Å². The van der Waals surface area contributed by atoms with E-state index in [0.717, 1.165) is 26.3 Å². The molecule has 0 aliphatic carbocycles. The second kappa shape index (κ2) is 8.36. The third kappa shape index (κ3) is 3.89. The van der Waals surface area contributed by atoms with Gasteiger partial charge < -0.3 is 19.7 Å². The van der Waals surface area contributed by atoms with Crippen molar-refractivity contribution in [1.29, 1.82) is 0 Å². The Kier molecular flexibility index (Phi) is 5.92. The fourth-order valence-electron chi connectivity index (χ4n) is 4.85. The first-order chi connectivity index (χ1) is 14.8. The lowest BCUT2D eigenvalue weighted by Gasteiger charge is -2.42. The van der Waals surface area contributed by atoms with Gasteiger partial charge in [-0.05, 0) is 61.6 Å². The van der Waals surface area contributed by atoms with Gasteiger partial charge >= 0.3 is 6.18 Å². The Balaban J connectivity index is 1.77. The lowest BCUT2D eigenvalue weighted by Crippen LogP contribution is -2.48. The van der Waals surface area contributed by atoms with Gasteiger partial charge in [0, 0.05) is 13.1 Å². The number of piperidine rings is 1. The van der Waals surface area contributed by atoms with Crippen LogP contribution in [0.1, 0.15) is 42.5 Å². The average molecular weight is 435 g/mol. The van der Waals surface area contributed by atoms with Crippen molar-refractivity contribution < 1.29 is 22.6 Å². The molecular weight excluding hydrogens is 405 g/mol. The molecule has 0 radical (unpaired) electrons. The molecule has 0 bridgehead atoms. The number of nitrogens with zero attached hydrogens (tertiary/aromatic N) is 1. The molecule has 2 aliphatic rings. The maximum absolute atomic E-state index is 14.0. The van der Waals surface area contributed by atoms with Crippen molar-refractivity contribution >= 4 is 5.69 Å². The molecule has 1 saturated heterocycles. The van der Waals surface area contributed by atoms with E-state index in [0.29, 0.717) is 23.4 Å². The molecule has 2 aromatic rings. The standard InChI is InChI=1S/C24H29F3N2O2/c1-23(24(25,26)27)18-15-20(21(30-3)14-17(18)11-13-31-23)29(2)19-10-7-12-28-22(19)16-8-5-4-6-9-16/h4-6,8-9,14-15,19,22,28H,7,10-13H2,1-3H3/t19-,22-,23+/m0/s1. The molecule has 3 atom stereocenters. The smallest absolute Gasteiger partial charge is 0.421 e. The highest BCUT2D eigenvalue weighted by atomic mass is 19.4. The van der Waals surface area contributed by atoms with E-state index in [1.165, 1.54) is 5.56 Å². The van der Waals surface area contributed by atoms with Gasteiger partial charge in [0.25, 0.3) is 0 Å². The SMILES string of the molecule is COc1cc2c(cc1N(C)[C@H]1CCCN[C@H]1c1ccccc1)[C@](C)(C(F)(F)F)OCC2. The van der Waals surface area contributed by atoms with Crippen LogP contribution in [0.5, 0.6) is 5.75 Å². The van der Waals surface area contributed by atoms with Crippen LogP contribution in [0.15, 0.2) is 42.5 Å². The molecule has 1 N–H and O–H groups in total. The first-order valence-electron chi connectivity index (χ1n) is 10.7. The Morgan fingerprint density at radius 3 is 2.61 bits per heavy atom. The van der Waals surface area contributed by atoms with E-state index in [-0.39, 0.29) is 24.3 Å². The molecule has 2 aromatic carbocycles. The van der Waals surface area contributed by atoms with Crippen LogP contribution in [0.3, 0.4) is 0 Å². The van der Waals surface area contributed by atoms with Gasteiger partial charge in [0.05, 0.1) is 25.4 Å². The van der Waals surface area contributed by atoms with Crippen LogP contribution in [0.25, 0.3) is 0 Å². The number of alkyl halides is 3. The zero-order valence-electron chi connectivity index (χ0n) is 18.1. The summed E-state index contributed by atoms with van der Waals surface area (Å²) in [6.07, 6.45) is -2.16. The van der Waals surface area contributed by atoms with E-state index < -0.39 is 11.8 Å². The van der Waals surface area contributed by atoms with Gasteiger partial charge in [0.2, 0.25) is 0 Å². The topological polar surface area (TPSA) is 33.7 Å².